The lowest BCUT2D eigenvalue weighted by Crippen LogP contribution is -2.37. The molecule has 0 atom stereocenters. The molecule has 1 saturated carbocycles. The molecule has 0 aliphatic heterocycles. The molecule has 1 heterocycles. The van der Waals surface area contributed by atoms with Crippen molar-refractivity contribution in [2.45, 2.75) is 31.1 Å². The first-order chi connectivity index (χ1) is 11.0. The van der Waals surface area contributed by atoms with Gasteiger partial charge >= 0.3 is 0 Å². The van der Waals surface area contributed by atoms with Crippen LogP contribution in [0.2, 0.25) is 5.02 Å². The second kappa shape index (κ2) is 6.34. The van der Waals surface area contributed by atoms with Gasteiger partial charge in [-0.1, -0.05) is 24.1 Å². The van der Waals surface area contributed by atoms with E-state index in [1.165, 1.54) is 18.5 Å². The van der Waals surface area contributed by atoms with Crippen LogP contribution in [-0.2, 0) is 11.8 Å². The van der Waals surface area contributed by atoms with E-state index in [0.717, 1.165) is 24.8 Å². The fourth-order valence-electron chi connectivity index (χ4n) is 3.01. The van der Waals surface area contributed by atoms with Crippen molar-refractivity contribution in [3.8, 4) is 0 Å². The average Bonchev–Trinajstić information content (AvgIpc) is 2.53. The third kappa shape index (κ3) is 3.12. The molecule has 0 saturated heterocycles. The molecule has 0 unspecified atom stereocenters. The monoisotopic (exact) mass is 333 g/mol. The first-order valence-corrected chi connectivity index (χ1v) is 7.92. The number of hydrogen-bond acceptors (Lipinski definition) is 4. The van der Waals surface area contributed by atoms with E-state index in [4.69, 9.17) is 17.3 Å². The number of aromatic nitrogens is 2. The first-order valence-electron chi connectivity index (χ1n) is 7.54. The van der Waals surface area contributed by atoms with E-state index in [-0.39, 0.29) is 22.8 Å². The molecule has 2 aromatic rings. The molecule has 4 nitrogen and oxygen atoms in total. The number of carbonyl (C=O) groups excluding carboxylic acids is 1. The molecule has 120 valence electrons. The third-order valence-corrected chi connectivity index (χ3v) is 4.84. The van der Waals surface area contributed by atoms with Gasteiger partial charge in [-0.15, -0.1) is 0 Å². The predicted octanol–water partition coefficient (Wildman–Crippen LogP) is 3.07. The van der Waals surface area contributed by atoms with Crippen molar-refractivity contribution >= 4 is 17.4 Å². The van der Waals surface area contributed by atoms with Crippen molar-refractivity contribution in [2.75, 3.05) is 6.54 Å². The SMILES string of the molecule is NCC(=O)c1cnc(CC2(c3ccc(F)c(Cl)c3)CCC2)nc1. The smallest absolute Gasteiger partial charge is 0.179 e. The van der Waals surface area contributed by atoms with Gasteiger partial charge in [-0.05, 0) is 30.5 Å². The summed E-state index contributed by atoms with van der Waals surface area (Å²) in [6.07, 6.45) is 6.76. The van der Waals surface area contributed by atoms with Gasteiger partial charge in [-0.25, -0.2) is 14.4 Å². The lowest BCUT2D eigenvalue weighted by atomic mass is 9.62. The highest BCUT2D eigenvalue weighted by atomic mass is 35.5. The van der Waals surface area contributed by atoms with Gasteiger partial charge in [-0.2, -0.15) is 0 Å². The van der Waals surface area contributed by atoms with E-state index in [9.17, 15) is 9.18 Å². The highest BCUT2D eigenvalue weighted by Crippen LogP contribution is 2.46. The third-order valence-electron chi connectivity index (χ3n) is 4.55. The zero-order valence-corrected chi connectivity index (χ0v) is 13.3. The normalized spacial score (nSPS) is 16.0. The molecule has 0 spiro atoms. The molecule has 0 bridgehead atoms. The van der Waals surface area contributed by atoms with Crippen molar-refractivity contribution in [1.82, 2.24) is 9.97 Å². The van der Waals surface area contributed by atoms with Crippen molar-refractivity contribution < 1.29 is 9.18 Å². The standard InChI is InChI=1S/C17H17ClFN3O/c18-13-6-12(2-3-14(13)19)17(4-1-5-17)7-16-21-9-11(10-22-16)15(23)8-20/h2-3,6,9-10H,1,4-5,7-8,20H2. The Morgan fingerprint density at radius 2 is 2.00 bits per heavy atom. The summed E-state index contributed by atoms with van der Waals surface area (Å²) < 4.78 is 13.4. The molecule has 3 rings (SSSR count). The molecular formula is C17H17ClFN3O. The van der Waals surface area contributed by atoms with Crippen LogP contribution < -0.4 is 5.73 Å². The summed E-state index contributed by atoms with van der Waals surface area (Å²) in [4.78, 5) is 20.1. The summed E-state index contributed by atoms with van der Waals surface area (Å²) >= 11 is 5.92. The van der Waals surface area contributed by atoms with Crippen molar-refractivity contribution in [3.05, 3.63) is 58.4 Å². The van der Waals surface area contributed by atoms with Crippen LogP contribution in [0.4, 0.5) is 4.39 Å². The molecule has 1 aliphatic carbocycles. The minimum atomic E-state index is -0.411. The Morgan fingerprint density at radius 1 is 1.30 bits per heavy atom. The summed E-state index contributed by atoms with van der Waals surface area (Å²) in [5, 5.41) is 0.138. The van der Waals surface area contributed by atoms with Crippen molar-refractivity contribution in [1.29, 1.82) is 0 Å². The van der Waals surface area contributed by atoms with Crippen molar-refractivity contribution in [3.63, 3.8) is 0 Å². The van der Waals surface area contributed by atoms with E-state index in [1.54, 1.807) is 12.1 Å². The predicted molar refractivity (Wildman–Crippen MR) is 86.1 cm³/mol. The number of rotatable bonds is 5. The number of benzene rings is 1. The highest BCUT2D eigenvalue weighted by molar-refractivity contribution is 6.30. The fourth-order valence-corrected chi connectivity index (χ4v) is 3.19. The number of nitrogens with zero attached hydrogens (tertiary/aromatic N) is 2. The molecule has 0 amide bonds. The Hall–Kier alpha value is -1.85. The van der Waals surface area contributed by atoms with Gasteiger partial charge in [0.15, 0.2) is 5.78 Å². The maximum absolute atomic E-state index is 13.4. The summed E-state index contributed by atoms with van der Waals surface area (Å²) in [6.45, 7) is -0.0548. The van der Waals surface area contributed by atoms with E-state index >= 15 is 0 Å². The van der Waals surface area contributed by atoms with Gasteiger partial charge in [0.2, 0.25) is 0 Å². The summed E-state index contributed by atoms with van der Waals surface area (Å²) in [6, 6.07) is 4.89. The van der Waals surface area contributed by atoms with Crippen LogP contribution in [0.25, 0.3) is 0 Å². The number of carbonyl (C=O) groups is 1. The lowest BCUT2D eigenvalue weighted by molar-refractivity contribution is 0.100. The number of nitrogens with two attached hydrogens (primary N) is 1. The van der Waals surface area contributed by atoms with Crippen LogP contribution in [0.1, 0.15) is 41.0 Å². The van der Waals surface area contributed by atoms with Crippen LogP contribution >= 0.6 is 11.6 Å². The Bertz CT molecular complexity index is 729. The minimum absolute atomic E-state index is 0.0548. The molecule has 1 aliphatic rings. The van der Waals surface area contributed by atoms with Crippen LogP contribution in [0, 0.1) is 5.82 Å². The molecular weight excluding hydrogens is 317 g/mol. The summed E-state index contributed by atoms with van der Waals surface area (Å²) in [5.41, 5.74) is 6.66. The van der Waals surface area contributed by atoms with E-state index in [0.29, 0.717) is 17.8 Å². The Morgan fingerprint density at radius 3 is 2.52 bits per heavy atom. The average molecular weight is 334 g/mol. The molecule has 0 radical (unpaired) electrons. The van der Waals surface area contributed by atoms with Crippen molar-refractivity contribution in [2.24, 2.45) is 5.73 Å². The Labute approximate surface area is 138 Å². The molecule has 1 aromatic heterocycles. The second-order valence-corrected chi connectivity index (χ2v) is 6.36. The van der Waals surface area contributed by atoms with Gasteiger partial charge in [0, 0.05) is 24.2 Å². The van der Waals surface area contributed by atoms with Crippen LogP contribution in [0.5, 0.6) is 0 Å². The number of hydrogen-bond donors (Lipinski definition) is 1. The van der Waals surface area contributed by atoms with E-state index in [1.807, 2.05) is 0 Å². The van der Waals surface area contributed by atoms with Crippen LogP contribution in [0.15, 0.2) is 30.6 Å². The van der Waals surface area contributed by atoms with Gasteiger partial charge in [0.05, 0.1) is 17.1 Å². The summed E-state index contributed by atoms with van der Waals surface area (Å²) in [7, 11) is 0. The van der Waals surface area contributed by atoms with Crippen LogP contribution in [0.3, 0.4) is 0 Å². The maximum Gasteiger partial charge on any atom is 0.179 e. The molecule has 6 heteroatoms. The second-order valence-electron chi connectivity index (χ2n) is 5.95. The van der Waals surface area contributed by atoms with E-state index < -0.39 is 5.82 Å². The highest BCUT2D eigenvalue weighted by Gasteiger charge is 2.39. The van der Waals surface area contributed by atoms with Gasteiger partial charge in [-0.3, -0.25) is 4.79 Å². The quantitative estimate of drug-likeness (QED) is 0.854. The number of Topliss-reactive ketones (excluding diaryl/α,β-unsaturated/α-hetero) is 1. The molecule has 23 heavy (non-hydrogen) atoms. The lowest BCUT2D eigenvalue weighted by Gasteiger charge is -2.42. The van der Waals surface area contributed by atoms with Gasteiger partial charge < -0.3 is 5.73 Å². The Kier molecular flexibility index (Phi) is 4.41. The topological polar surface area (TPSA) is 68.9 Å². The number of ketones is 1. The Balaban J connectivity index is 1.84. The molecule has 1 fully saturated rings. The van der Waals surface area contributed by atoms with Gasteiger partial charge in [0.25, 0.3) is 0 Å². The summed E-state index contributed by atoms with van der Waals surface area (Å²) in [5.74, 6) is 0.0738. The maximum atomic E-state index is 13.4. The van der Waals surface area contributed by atoms with Gasteiger partial charge in [0.1, 0.15) is 11.6 Å². The largest absolute Gasteiger partial charge is 0.324 e. The fraction of sp³-hybridized carbons (Fsp3) is 0.353. The number of halogens is 2. The molecule has 2 N–H and O–H groups in total. The minimum Gasteiger partial charge on any atom is -0.324 e. The van der Waals surface area contributed by atoms with E-state index in [2.05, 4.69) is 9.97 Å². The zero-order chi connectivity index (χ0) is 16.4. The molecule has 1 aromatic carbocycles. The zero-order valence-electron chi connectivity index (χ0n) is 12.6. The van der Waals surface area contributed by atoms with Crippen LogP contribution in [-0.4, -0.2) is 22.3 Å². The first kappa shape index (κ1) is 16.0.